The monoisotopic (exact) mass is 391 g/mol. The van der Waals surface area contributed by atoms with E-state index in [-0.39, 0.29) is 0 Å². The van der Waals surface area contributed by atoms with Crippen molar-refractivity contribution >= 4 is 16.8 Å². The second-order valence-electron chi connectivity index (χ2n) is 8.69. The number of carbonyl (C=O) groups is 1. The van der Waals surface area contributed by atoms with Crippen LogP contribution in [-0.4, -0.2) is 43.6 Å². The molecule has 1 aliphatic carbocycles. The average molecular weight is 392 g/mol. The molecule has 0 atom stereocenters. The van der Waals surface area contributed by atoms with Crippen LogP contribution in [0.1, 0.15) is 44.9 Å². The first-order chi connectivity index (χ1) is 14.3. The van der Waals surface area contributed by atoms with Gasteiger partial charge in [0.25, 0.3) is 0 Å². The van der Waals surface area contributed by atoms with Gasteiger partial charge in [-0.15, -0.1) is 0 Å². The molecule has 0 radical (unpaired) electrons. The lowest BCUT2D eigenvalue weighted by Gasteiger charge is -2.35. The van der Waals surface area contributed by atoms with Gasteiger partial charge in [0.05, 0.1) is 23.6 Å². The number of likely N-dealkylation sites (tertiary alicyclic amines) is 1. The first-order valence-corrected chi connectivity index (χ1v) is 11.0. The largest absolute Gasteiger partial charge is 0.346 e. The second kappa shape index (κ2) is 8.01. The summed E-state index contributed by atoms with van der Waals surface area (Å²) in [4.78, 5) is 19.6. The molecule has 0 unspecified atom stereocenters. The van der Waals surface area contributed by atoms with E-state index in [0.29, 0.717) is 17.7 Å². The van der Waals surface area contributed by atoms with Crippen molar-refractivity contribution in [3.63, 3.8) is 0 Å². The van der Waals surface area contributed by atoms with E-state index in [1.54, 1.807) is 6.20 Å². The summed E-state index contributed by atoms with van der Waals surface area (Å²) in [6.45, 7) is 2.84. The Morgan fingerprint density at radius 1 is 1.10 bits per heavy atom. The fourth-order valence-corrected chi connectivity index (χ4v) is 5.02. The molecule has 6 heteroatoms. The minimum absolute atomic E-state index is 0.296. The number of nitrogens with zero attached hydrogens (tertiary/aromatic N) is 4. The molecule has 1 amide bonds. The lowest BCUT2D eigenvalue weighted by molar-refractivity contribution is -0.138. The van der Waals surface area contributed by atoms with Gasteiger partial charge >= 0.3 is 0 Å². The fourth-order valence-electron chi connectivity index (χ4n) is 5.02. The molecule has 4 heterocycles. The maximum atomic E-state index is 12.8. The molecule has 29 heavy (non-hydrogen) atoms. The number of rotatable bonds is 4. The van der Waals surface area contributed by atoms with E-state index >= 15 is 0 Å². The SMILES string of the molecule is O=C(C1CCCCC1)N1CCC(Cn2ccc3cc(-c4cn[nH]c4)ncc32)CC1. The zero-order valence-electron chi connectivity index (χ0n) is 16.9. The summed E-state index contributed by atoms with van der Waals surface area (Å²) in [7, 11) is 0. The Kier molecular flexibility index (Phi) is 5.08. The highest BCUT2D eigenvalue weighted by atomic mass is 16.2. The van der Waals surface area contributed by atoms with Crippen LogP contribution in [0.3, 0.4) is 0 Å². The number of aromatic amines is 1. The molecule has 2 fully saturated rings. The van der Waals surface area contributed by atoms with E-state index in [4.69, 9.17) is 0 Å². The molecule has 1 aliphatic heterocycles. The Labute approximate surface area is 171 Å². The fraction of sp³-hybridized carbons (Fsp3) is 0.522. The predicted molar refractivity (Wildman–Crippen MR) is 113 cm³/mol. The van der Waals surface area contributed by atoms with Crippen LogP contribution in [0, 0.1) is 11.8 Å². The van der Waals surface area contributed by atoms with Crippen LogP contribution in [0.15, 0.2) is 36.9 Å². The molecule has 152 valence electrons. The Balaban J connectivity index is 1.21. The number of H-pyrrole nitrogens is 1. The topological polar surface area (TPSA) is 66.8 Å². The summed E-state index contributed by atoms with van der Waals surface area (Å²) in [5, 5.41) is 8.07. The zero-order chi connectivity index (χ0) is 19.6. The van der Waals surface area contributed by atoms with E-state index in [9.17, 15) is 4.79 Å². The minimum Gasteiger partial charge on any atom is -0.346 e. The normalized spacial score (nSPS) is 19.1. The molecule has 0 spiro atoms. The van der Waals surface area contributed by atoms with Crippen LogP contribution in [0.4, 0.5) is 0 Å². The quantitative estimate of drug-likeness (QED) is 0.723. The van der Waals surface area contributed by atoms with Crippen LogP contribution in [0.5, 0.6) is 0 Å². The lowest BCUT2D eigenvalue weighted by atomic mass is 9.87. The number of carbonyl (C=O) groups excluding carboxylic acids is 1. The van der Waals surface area contributed by atoms with Gasteiger partial charge in [-0.25, -0.2) is 0 Å². The Hall–Kier alpha value is -2.63. The predicted octanol–water partition coefficient (Wildman–Crippen LogP) is 4.25. The zero-order valence-corrected chi connectivity index (χ0v) is 16.9. The third-order valence-corrected chi connectivity index (χ3v) is 6.79. The van der Waals surface area contributed by atoms with Gasteiger partial charge in [0.15, 0.2) is 0 Å². The molecule has 2 aliphatic rings. The summed E-state index contributed by atoms with van der Waals surface area (Å²) < 4.78 is 2.32. The summed E-state index contributed by atoms with van der Waals surface area (Å²) in [6, 6.07) is 4.30. The number of pyridine rings is 1. The summed E-state index contributed by atoms with van der Waals surface area (Å²) in [6.07, 6.45) is 16.0. The third kappa shape index (κ3) is 3.80. The number of aromatic nitrogens is 4. The molecule has 6 nitrogen and oxygen atoms in total. The van der Waals surface area contributed by atoms with Crippen molar-refractivity contribution in [2.75, 3.05) is 13.1 Å². The van der Waals surface area contributed by atoms with Crippen molar-refractivity contribution in [2.24, 2.45) is 11.8 Å². The van der Waals surface area contributed by atoms with Crippen molar-refractivity contribution in [3.8, 4) is 11.3 Å². The van der Waals surface area contributed by atoms with Crippen molar-refractivity contribution in [3.05, 3.63) is 36.9 Å². The summed E-state index contributed by atoms with van der Waals surface area (Å²) in [5.74, 6) is 1.34. The van der Waals surface area contributed by atoms with Gasteiger partial charge in [-0.2, -0.15) is 5.10 Å². The molecule has 1 N–H and O–H groups in total. The summed E-state index contributed by atoms with van der Waals surface area (Å²) >= 11 is 0. The van der Waals surface area contributed by atoms with E-state index in [0.717, 1.165) is 56.6 Å². The van der Waals surface area contributed by atoms with Crippen molar-refractivity contribution in [2.45, 2.75) is 51.5 Å². The Morgan fingerprint density at radius 3 is 2.69 bits per heavy atom. The molecular weight excluding hydrogens is 362 g/mol. The first kappa shape index (κ1) is 18.4. The number of nitrogens with one attached hydrogen (secondary N) is 1. The van der Waals surface area contributed by atoms with Crippen LogP contribution in [0.25, 0.3) is 22.2 Å². The average Bonchev–Trinajstić information content (AvgIpc) is 3.45. The number of fused-ring (bicyclic) bond motifs is 1. The van der Waals surface area contributed by atoms with Gasteiger partial charge in [-0.1, -0.05) is 19.3 Å². The molecular formula is C23H29N5O. The van der Waals surface area contributed by atoms with Crippen molar-refractivity contribution in [1.82, 2.24) is 24.6 Å². The second-order valence-corrected chi connectivity index (χ2v) is 8.69. The lowest BCUT2D eigenvalue weighted by Crippen LogP contribution is -2.42. The number of hydrogen-bond acceptors (Lipinski definition) is 3. The van der Waals surface area contributed by atoms with Crippen molar-refractivity contribution < 1.29 is 4.79 Å². The molecule has 0 aromatic carbocycles. The van der Waals surface area contributed by atoms with Crippen LogP contribution < -0.4 is 0 Å². The van der Waals surface area contributed by atoms with E-state index in [2.05, 4.69) is 43.0 Å². The minimum atomic E-state index is 0.296. The van der Waals surface area contributed by atoms with Gasteiger partial charge in [0, 0.05) is 48.9 Å². The molecule has 0 bridgehead atoms. The van der Waals surface area contributed by atoms with Gasteiger partial charge in [-0.3, -0.25) is 14.9 Å². The van der Waals surface area contributed by atoms with E-state index in [1.807, 2.05) is 12.4 Å². The standard InChI is InChI=1S/C23H29N5O/c29-23(18-4-2-1-3-5-18)27-9-6-17(7-10-27)16-28-11-8-19-12-21(24-15-22(19)28)20-13-25-26-14-20/h8,11-15,17-18H,1-7,9-10,16H2,(H,25,26). The highest BCUT2D eigenvalue weighted by Crippen LogP contribution is 2.29. The van der Waals surface area contributed by atoms with Gasteiger partial charge < -0.3 is 9.47 Å². The summed E-state index contributed by atoms with van der Waals surface area (Å²) in [5.41, 5.74) is 3.13. The highest BCUT2D eigenvalue weighted by molar-refractivity contribution is 5.83. The first-order valence-electron chi connectivity index (χ1n) is 11.0. The molecule has 1 saturated heterocycles. The Morgan fingerprint density at radius 2 is 1.93 bits per heavy atom. The van der Waals surface area contributed by atoms with E-state index in [1.165, 1.54) is 30.2 Å². The van der Waals surface area contributed by atoms with Gasteiger partial charge in [0.1, 0.15) is 0 Å². The maximum Gasteiger partial charge on any atom is 0.225 e. The molecule has 1 saturated carbocycles. The van der Waals surface area contributed by atoms with Crippen LogP contribution >= 0.6 is 0 Å². The maximum absolute atomic E-state index is 12.8. The van der Waals surface area contributed by atoms with Crippen LogP contribution in [-0.2, 0) is 11.3 Å². The van der Waals surface area contributed by atoms with Crippen molar-refractivity contribution in [1.29, 1.82) is 0 Å². The molecule has 3 aromatic heterocycles. The number of hydrogen-bond donors (Lipinski definition) is 1. The van der Waals surface area contributed by atoms with E-state index < -0.39 is 0 Å². The van der Waals surface area contributed by atoms with Gasteiger partial charge in [-0.05, 0) is 43.7 Å². The Bertz CT molecular complexity index is 962. The number of piperidine rings is 1. The number of amides is 1. The van der Waals surface area contributed by atoms with Crippen LogP contribution in [0.2, 0.25) is 0 Å². The smallest absolute Gasteiger partial charge is 0.225 e. The molecule has 5 rings (SSSR count). The highest BCUT2D eigenvalue weighted by Gasteiger charge is 2.29. The third-order valence-electron chi connectivity index (χ3n) is 6.79. The van der Waals surface area contributed by atoms with Gasteiger partial charge in [0.2, 0.25) is 5.91 Å². The molecule has 3 aromatic rings.